The van der Waals surface area contributed by atoms with E-state index in [1.807, 2.05) is 0 Å². The van der Waals surface area contributed by atoms with Crippen LogP contribution in [-0.4, -0.2) is 45.6 Å². The zero-order valence-corrected chi connectivity index (χ0v) is 5.27. The molecule has 4 nitrogen and oxygen atoms in total. The quantitative estimate of drug-likeness (QED) is 0.346. The normalized spacial score (nSPS) is 8.57. The molecule has 0 bridgehead atoms. The zero-order chi connectivity index (χ0) is 4.50. The van der Waals surface area contributed by atoms with E-state index in [2.05, 4.69) is 0 Å². The van der Waals surface area contributed by atoms with Gasteiger partial charge in [-0.2, -0.15) is 0 Å². The summed E-state index contributed by atoms with van der Waals surface area (Å²) < 4.78 is 0. The molecule has 0 aromatic carbocycles. The number of hydrogen-bond acceptors (Lipinski definition) is 4. The third-order valence-corrected chi connectivity index (χ3v) is 0. The summed E-state index contributed by atoms with van der Waals surface area (Å²) in [7, 11) is -4.61. The van der Waals surface area contributed by atoms with E-state index < -0.39 is 9.05 Å². The molecule has 0 aliphatic carbocycles. The maximum absolute atomic E-state index is 7.33. The van der Waals surface area contributed by atoms with Crippen molar-refractivity contribution in [1.82, 2.24) is 0 Å². The van der Waals surface area contributed by atoms with Crippen LogP contribution in [0.5, 0.6) is 0 Å². The SMILES string of the molecule is O[Si](O)(O)O.[AlH3].[Yb]. The van der Waals surface area contributed by atoms with Crippen LogP contribution < -0.4 is 0 Å². The fourth-order valence-corrected chi connectivity index (χ4v) is 0. The Hall–Kier alpha value is 2.11. The largest absolute Gasteiger partial charge is 0.668 e. The zero-order valence-electron chi connectivity index (χ0n) is 2.56. The van der Waals surface area contributed by atoms with Crippen molar-refractivity contribution in [2.45, 2.75) is 0 Å². The first-order valence-electron chi connectivity index (χ1n) is 0.894. The second-order valence-corrected chi connectivity index (χ2v) is 1.80. The van der Waals surface area contributed by atoms with E-state index in [0.717, 1.165) is 0 Å². The average molecular weight is 299 g/mol. The minimum atomic E-state index is -4.61. The van der Waals surface area contributed by atoms with Crippen molar-refractivity contribution in [2.75, 3.05) is 0 Å². The molecule has 0 aliphatic rings. The van der Waals surface area contributed by atoms with Gasteiger partial charge in [-0.05, 0) is 0 Å². The van der Waals surface area contributed by atoms with Gasteiger partial charge in [0.05, 0.1) is 0 Å². The molecule has 7 heteroatoms. The molecular weight excluding hydrogens is 292 g/mol. The molecule has 0 unspecified atom stereocenters. The first kappa shape index (κ1) is 16.0. The Labute approximate surface area is 91.0 Å². The Morgan fingerprint density at radius 3 is 0.857 bits per heavy atom. The first-order chi connectivity index (χ1) is 2.00. The van der Waals surface area contributed by atoms with Gasteiger partial charge in [0.15, 0.2) is 17.4 Å². The summed E-state index contributed by atoms with van der Waals surface area (Å²) in [5, 5.41) is 0. The maximum atomic E-state index is 7.33. The van der Waals surface area contributed by atoms with E-state index in [9.17, 15) is 0 Å². The van der Waals surface area contributed by atoms with E-state index in [-0.39, 0.29) is 64.3 Å². The van der Waals surface area contributed by atoms with Gasteiger partial charge in [0.25, 0.3) is 0 Å². The van der Waals surface area contributed by atoms with Crippen LogP contribution >= 0.6 is 0 Å². The molecule has 0 fully saturated rings. The van der Waals surface area contributed by atoms with Crippen LogP contribution in [0, 0.1) is 46.9 Å². The molecule has 0 aromatic heterocycles. The van der Waals surface area contributed by atoms with E-state index in [1.165, 1.54) is 0 Å². The van der Waals surface area contributed by atoms with Gasteiger partial charge in [-0.25, -0.2) is 0 Å². The van der Waals surface area contributed by atoms with Crippen molar-refractivity contribution in [3.05, 3.63) is 0 Å². The van der Waals surface area contributed by atoms with Crippen molar-refractivity contribution >= 4 is 26.4 Å². The van der Waals surface area contributed by atoms with Gasteiger partial charge in [-0.15, -0.1) is 0 Å². The van der Waals surface area contributed by atoms with Gasteiger partial charge in [-0.1, -0.05) is 0 Å². The minimum Gasteiger partial charge on any atom is -0.368 e. The van der Waals surface area contributed by atoms with Crippen molar-refractivity contribution < 1.29 is 66.1 Å². The Morgan fingerprint density at radius 2 is 0.857 bits per heavy atom. The predicted molar refractivity (Wildman–Crippen MR) is 24.6 cm³/mol. The van der Waals surface area contributed by atoms with E-state index in [4.69, 9.17) is 19.2 Å². The topological polar surface area (TPSA) is 80.9 Å². The fourth-order valence-electron chi connectivity index (χ4n) is 0. The van der Waals surface area contributed by atoms with Crippen LogP contribution in [0.3, 0.4) is 0 Å². The summed E-state index contributed by atoms with van der Waals surface area (Å²) >= 11 is 0. The van der Waals surface area contributed by atoms with Gasteiger partial charge < -0.3 is 19.2 Å². The van der Waals surface area contributed by atoms with Crippen LogP contribution in [-0.2, 0) is 0 Å². The molecule has 0 heterocycles. The molecule has 0 radical (unpaired) electrons. The van der Waals surface area contributed by atoms with Crippen molar-refractivity contribution in [3.63, 3.8) is 0 Å². The standard InChI is InChI=1S/Al.H4O4Si.Yb.3H/c;1-5(2,3)4;;;;/h;1-4H;;;;. The van der Waals surface area contributed by atoms with Crippen LogP contribution in [0.25, 0.3) is 0 Å². The summed E-state index contributed by atoms with van der Waals surface area (Å²) in [4.78, 5) is 29.3. The first-order valence-corrected chi connectivity index (χ1v) is 2.68. The molecule has 0 spiro atoms. The van der Waals surface area contributed by atoms with Crippen LogP contribution in [0.1, 0.15) is 0 Å². The second kappa shape index (κ2) is 6.23. The Bertz CT molecular complexity index is 27.2. The molecule has 0 aliphatic heterocycles. The Morgan fingerprint density at radius 1 is 0.857 bits per heavy atom. The molecule has 0 saturated heterocycles. The molecule has 0 atom stereocenters. The monoisotopic (exact) mass is 300 g/mol. The van der Waals surface area contributed by atoms with E-state index in [0.29, 0.717) is 0 Å². The van der Waals surface area contributed by atoms with E-state index in [1.54, 1.807) is 0 Å². The predicted octanol–water partition coefficient (Wildman–Crippen LogP) is -3.79. The molecular formula is H7AlO4SiYb. The van der Waals surface area contributed by atoms with Crippen molar-refractivity contribution in [2.24, 2.45) is 0 Å². The Kier molecular flexibility index (Phi) is 14.3. The summed E-state index contributed by atoms with van der Waals surface area (Å²) in [6, 6.07) is 0. The van der Waals surface area contributed by atoms with Crippen LogP contribution in [0.15, 0.2) is 0 Å². The van der Waals surface area contributed by atoms with Gasteiger partial charge >= 0.3 is 9.05 Å². The van der Waals surface area contributed by atoms with Gasteiger partial charge in [0.1, 0.15) is 0 Å². The van der Waals surface area contributed by atoms with Gasteiger partial charge in [0.2, 0.25) is 0 Å². The third-order valence-electron chi connectivity index (χ3n) is 0. The number of hydrogen-bond donors (Lipinski definition) is 4. The second-order valence-electron chi connectivity index (χ2n) is 0.600. The summed E-state index contributed by atoms with van der Waals surface area (Å²) in [6.45, 7) is 0. The summed E-state index contributed by atoms with van der Waals surface area (Å²) in [5.74, 6) is 0. The Balaban J connectivity index is -0.0000000800. The van der Waals surface area contributed by atoms with E-state index >= 15 is 0 Å². The molecule has 4 N–H and O–H groups in total. The van der Waals surface area contributed by atoms with Crippen LogP contribution in [0.2, 0.25) is 0 Å². The fraction of sp³-hybridized carbons (Fsp3) is 0. The molecule has 52 valence electrons. The molecule has 0 saturated carbocycles. The smallest absolute Gasteiger partial charge is 0.368 e. The third kappa shape index (κ3) is 68.0. The average Bonchev–Trinajstić information content (AvgIpc) is 0.722. The minimum absolute atomic E-state index is 0. The molecule has 0 amide bonds. The number of rotatable bonds is 0. The molecule has 7 heavy (non-hydrogen) atoms. The summed E-state index contributed by atoms with van der Waals surface area (Å²) in [5.41, 5.74) is 0. The van der Waals surface area contributed by atoms with Gasteiger partial charge in [-0.3, -0.25) is 0 Å². The molecule has 0 aromatic rings. The van der Waals surface area contributed by atoms with Crippen molar-refractivity contribution in [3.8, 4) is 0 Å². The van der Waals surface area contributed by atoms with Gasteiger partial charge in [0, 0.05) is 46.9 Å². The maximum Gasteiger partial charge on any atom is 0.668 e. The van der Waals surface area contributed by atoms with Crippen molar-refractivity contribution in [1.29, 1.82) is 0 Å². The van der Waals surface area contributed by atoms with Crippen LogP contribution in [0.4, 0.5) is 0 Å². The summed E-state index contributed by atoms with van der Waals surface area (Å²) in [6.07, 6.45) is 0. The molecule has 0 rings (SSSR count).